The third-order valence-electron chi connectivity index (χ3n) is 1.95. The Morgan fingerprint density at radius 1 is 1.56 bits per heavy atom. The molecule has 0 radical (unpaired) electrons. The number of hydrogen-bond acceptors (Lipinski definition) is 5. The van der Waals surface area contributed by atoms with Crippen LogP contribution in [0, 0.1) is 6.92 Å². The van der Waals surface area contributed by atoms with E-state index in [1.165, 1.54) is 6.20 Å². The van der Waals surface area contributed by atoms with E-state index in [4.69, 9.17) is 10.3 Å². The van der Waals surface area contributed by atoms with E-state index in [0.29, 0.717) is 11.3 Å². The molecular weight excluding hydrogens is 208 g/mol. The largest absolute Gasteiger partial charge is 0.383 e. The Kier molecular flexibility index (Phi) is 2.55. The molecule has 3 N–H and O–H groups in total. The molecule has 2 rings (SSSR count). The summed E-state index contributed by atoms with van der Waals surface area (Å²) in [5.74, 6) is 0.0868. The number of aromatic nitrogens is 2. The fourth-order valence-electron chi connectivity index (χ4n) is 1.21. The van der Waals surface area contributed by atoms with Crippen LogP contribution < -0.4 is 11.1 Å². The summed E-state index contributed by atoms with van der Waals surface area (Å²) in [4.78, 5) is 15.5. The first kappa shape index (κ1) is 10.2. The minimum atomic E-state index is -0.373. The lowest BCUT2D eigenvalue weighted by Gasteiger charge is -2.02. The third kappa shape index (κ3) is 2.00. The molecule has 0 spiro atoms. The van der Waals surface area contributed by atoms with Crippen molar-refractivity contribution in [3.8, 4) is 0 Å². The normalized spacial score (nSPS) is 10.1. The van der Waals surface area contributed by atoms with Crippen molar-refractivity contribution in [2.45, 2.75) is 6.92 Å². The van der Waals surface area contributed by atoms with E-state index in [1.807, 2.05) is 0 Å². The fourth-order valence-corrected chi connectivity index (χ4v) is 1.21. The number of amides is 1. The van der Waals surface area contributed by atoms with Gasteiger partial charge >= 0.3 is 0 Å². The van der Waals surface area contributed by atoms with Crippen LogP contribution in [0.1, 0.15) is 16.1 Å². The van der Waals surface area contributed by atoms with E-state index in [1.54, 1.807) is 25.1 Å². The van der Waals surface area contributed by atoms with Crippen molar-refractivity contribution >= 4 is 17.6 Å². The summed E-state index contributed by atoms with van der Waals surface area (Å²) in [7, 11) is 0. The summed E-state index contributed by atoms with van der Waals surface area (Å²) in [6, 6.07) is 4.84. The number of carbonyl (C=O) groups excluding carboxylic acids is 1. The van der Waals surface area contributed by atoms with Crippen LogP contribution in [0.25, 0.3) is 0 Å². The number of aryl methyl sites for hydroxylation is 1. The molecule has 6 nitrogen and oxygen atoms in total. The summed E-state index contributed by atoms with van der Waals surface area (Å²) in [6.45, 7) is 1.76. The molecule has 0 unspecified atom stereocenters. The quantitative estimate of drug-likeness (QED) is 0.790. The van der Waals surface area contributed by atoms with Crippen LogP contribution in [0.5, 0.6) is 0 Å². The molecule has 82 valence electrons. The second kappa shape index (κ2) is 4.01. The van der Waals surface area contributed by atoms with E-state index >= 15 is 0 Å². The molecule has 2 heterocycles. The molecule has 0 aliphatic heterocycles. The summed E-state index contributed by atoms with van der Waals surface area (Å²) in [5.41, 5.74) is 6.55. The zero-order valence-electron chi connectivity index (χ0n) is 8.60. The lowest BCUT2D eigenvalue weighted by Crippen LogP contribution is -2.14. The van der Waals surface area contributed by atoms with Gasteiger partial charge in [-0.05, 0) is 19.1 Å². The molecule has 1 amide bonds. The Morgan fingerprint density at radius 2 is 2.38 bits per heavy atom. The van der Waals surface area contributed by atoms with Crippen LogP contribution >= 0.6 is 0 Å². The standard InChI is InChI=1S/C10H10N4O2/c1-6-5-8(16-14-6)13-10(15)7-3-2-4-12-9(7)11/h2-5H,1H3,(H2,11,12)(H,13,15). The van der Waals surface area contributed by atoms with Gasteiger partial charge in [0.2, 0.25) is 5.88 Å². The average molecular weight is 218 g/mol. The molecule has 0 aliphatic rings. The van der Waals surface area contributed by atoms with Crippen molar-refractivity contribution < 1.29 is 9.32 Å². The van der Waals surface area contributed by atoms with Gasteiger partial charge in [0.15, 0.2) is 0 Å². The minimum absolute atomic E-state index is 0.177. The SMILES string of the molecule is Cc1cc(NC(=O)c2cccnc2N)on1. The van der Waals surface area contributed by atoms with E-state index < -0.39 is 0 Å². The van der Waals surface area contributed by atoms with Gasteiger partial charge in [-0.25, -0.2) is 4.98 Å². The molecule has 0 bridgehead atoms. The Balaban J connectivity index is 2.18. The van der Waals surface area contributed by atoms with Crippen molar-refractivity contribution in [1.82, 2.24) is 10.1 Å². The van der Waals surface area contributed by atoms with E-state index in [9.17, 15) is 4.79 Å². The monoisotopic (exact) mass is 218 g/mol. The Hall–Kier alpha value is -2.37. The fraction of sp³-hybridized carbons (Fsp3) is 0.100. The van der Waals surface area contributed by atoms with Gasteiger partial charge in [0.25, 0.3) is 5.91 Å². The first-order valence-electron chi connectivity index (χ1n) is 4.62. The number of nitrogens with one attached hydrogen (secondary N) is 1. The molecule has 0 aliphatic carbocycles. The van der Waals surface area contributed by atoms with Crippen LogP contribution in [-0.2, 0) is 0 Å². The molecule has 2 aromatic heterocycles. The van der Waals surface area contributed by atoms with Gasteiger partial charge in [-0.1, -0.05) is 5.16 Å². The summed E-state index contributed by atoms with van der Waals surface area (Å²) >= 11 is 0. The zero-order valence-corrected chi connectivity index (χ0v) is 8.60. The first-order valence-corrected chi connectivity index (χ1v) is 4.62. The molecule has 2 aromatic rings. The van der Waals surface area contributed by atoms with E-state index in [-0.39, 0.29) is 17.6 Å². The van der Waals surface area contributed by atoms with Crippen molar-refractivity contribution in [1.29, 1.82) is 0 Å². The van der Waals surface area contributed by atoms with Crippen LogP contribution in [0.4, 0.5) is 11.7 Å². The highest BCUT2D eigenvalue weighted by Gasteiger charge is 2.12. The molecule has 0 saturated heterocycles. The van der Waals surface area contributed by atoms with Crippen LogP contribution in [0.15, 0.2) is 28.9 Å². The van der Waals surface area contributed by atoms with Gasteiger partial charge in [-0.15, -0.1) is 0 Å². The second-order valence-corrected chi connectivity index (χ2v) is 3.22. The highest BCUT2D eigenvalue weighted by molar-refractivity contribution is 6.06. The molecule has 16 heavy (non-hydrogen) atoms. The average Bonchev–Trinajstić information content (AvgIpc) is 2.64. The summed E-state index contributed by atoms with van der Waals surface area (Å²) < 4.78 is 4.85. The van der Waals surface area contributed by atoms with Crippen molar-refractivity contribution in [2.24, 2.45) is 0 Å². The van der Waals surface area contributed by atoms with Crippen molar-refractivity contribution in [3.63, 3.8) is 0 Å². The Labute approximate surface area is 91.5 Å². The van der Waals surface area contributed by atoms with Gasteiger partial charge in [0.05, 0.1) is 11.3 Å². The lowest BCUT2D eigenvalue weighted by atomic mass is 10.2. The third-order valence-corrected chi connectivity index (χ3v) is 1.95. The Bertz CT molecular complexity index is 521. The maximum atomic E-state index is 11.7. The maximum Gasteiger partial charge on any atom is 0.261 e. The predicted molar refractivity (Wildman–Crippen MR) is 57.8 cm³/mol. The predicted octanol–water partition coefficient (Wildman–Crippen LogP) is 1.21. The molecule has 0 atom stereocenters. The molecule has 0 fully saturated rings. The van der Waals surface area contributed by atoms with Crippen molar-refractivity contribution in [2.75, 3.05) is 11.1 Å². The van der Waals surface area contributed by atoms with Gasteiger partial charge in [0.1, 0.15) is 5.82 Å². The first-order chi connectivity index (χ1) is 7.66. The maximum absolute atomic E-state index is 11.7. The highest BCUT2D eigenvalue weighted by atomic mass is 16.5. The molecule has 6 heteroatoms. The molecular formula is C10H10N4O2. The number of anilines is 2. The minimum Gasteiger partial charge on any atom is -0.383 e. The van der Waals surface area contributed by atoms with Gasteiger partial charge in [0, 0.05) is 12.3 Å². The lowest BCUT2D eigenvalue weighted by molar-refractivity contribution is 0.102. The zero-order chi connectivity index (χ0) is 11.5. The van der Waals surface area contributed by atoms with Crippen LogP contribution in [0.2, 0.25) is 0 Å². The summed E-state index contributed by atoms with van der Waals surface area (Å²) in [5, 5.41) is 6.18. The summed E-state index contributed by atoms with van der Waals surface area (Å²) in [6.07, 6.45) is 1.52. The van der Waals surface area contributed by atoms with Crippen molar-refractivity contribution in [3.05, 3.63) is 35.7 Å². The number of hydrogen-bond donors (Lipinski definition) is 2. The smallest absolute Gasteiger partial charge is 0.261 e. The topological polar surface area (TPSA) is 94.0 Å². The van der Waals surface area contributed by atoms with Crippen LogP contribution in [-0.4, -0.2) is 16.0 Å². The number of carbonyl (C=O) groups is 1. The van der Waals surface area contributed by atoms with Crippen LogP contribution in [0.3, 0.4) is 0 Å². The number of pyridine rings is 1. The number of nitrogens with two attached hydrogens (primary N) is 1. The second-order valence-electron chi connectivity index (χ2n) is 3.22. The van der Waals surface area contributed by atoms with Gasteiger partial charge < -0.3 is 10.3 Å². The Morgan fingerprint density at radius 3 is 3.00 bits per heavy atom. The number of rotatable bonds is 2. The van der Waals surface area contributed by atoms with E-state index in [2.05, 4.69) is 15.5 Å². The number of nitrogens with zero attached hydrogens (tertiary/aromatic N) is 2. The molecule has 0 aromatic carbocycles. The number of nitrogen functional groups attached to an aromatic ring is 1. The van der Waals surface area contributed by atoms with Gasteiger partial charge in [-0.2, -0.15) is 0 Å². The van der Waals surface area contributed by atoms with Gasteiger partial charge in [-0.3, -0.25) is 10.1 Å². The van der Waals surface area contributed by atoms with E-state index in [0.717, 1.165) is 0 Å². The molecule has 0 saturated carbocycles. The highest BCUT2D eigenvalue weighted by Crippen LogP contribution is 2.13.